The predicted octanol–water partition coefficient (Wildman–Crippen LogP) is 2.95. The van der Waals surface area contributed by atoms with Gasteiger partial charge in [0.2, 0.25) is 0 Å². The van der Waals surface area contributed by atoms with Gasteiger partial charge in [0.15, 0.2) is 5.96 Å². The summed E-state index contributed by atoms with van der Waals surface area (Å²) >= 11 is 0. The van der Waals surface area contributed by atoms with Crippen molar-refractivity contribution in [1.82, 2.24) is 20.4 Å². The minimum Gasteiger partial charge on any atom is -0.354 e. The molecule has 0 aliphatic carbocycles. The SMILES string of the molecule is CCC(C)NC(=NC)NCc1ccccc1-n1nc(C)cc1C. The molecule has 124 valence electrons. The van der Waals surface area contributed by atoms with E-state index in [2.05, 4.69) is 65.8 Å². The number of aliphatic imine (C=N–C) groups is 1. The van der Waals surface area contributed by atoms with Gasteiger partial charge in [0.25, 0.3) is 0 Å². The summed E-state index contributed by atoms with van der Waals surface area (Å²) in [6.07, 6.45) is 1.06. The summed E-state index contributed by atoms with van der Waals surface area (Å²) in [5.74, 6) is 0.822. The third-order valence-corrected chi connectivity index (χ3v) is 3.89. The smallest absolute Gasteiger partial charge is 0.191 e. The van der Waals surface area contributed by atoms with Crippen LogP contribution in [0.15, 0.2) is 35.3 Å². The van der Waals surface area contributed by atoms with E-state index in [0.717, 1.165) is 29.5 Å². The van der Waals surface area contributed by atoms with Crippen molar-refractivity contribution in [2.24, 2.45) is 4.99 Å². The topological polar surface area (TPSA) is 54.2 Å². The Bertz CT molecular complexity index is 672. The Hall–Kier alpha value is -2.30. The van der Waals surface area contributed by atoms with E-state index in [-0.39, 0.29) is 0 Å². The second-order valence-electron chi connectivity index (χ2n) is 5.85. The van der Waals surface area contributed by atoms with E-state index in [9.17, 15) is 0 Å². The molecule has 0 radical (unpaired) electrons. The largest absolute Gasteiger partial charge is 0.354 e. The fourth-order valence-corrected chi connectivity index (χ4v) is 2.45. The Labute approximate surface area is 138 Å². The molecule has 1 aromatic heterocycles. The first-order valence-electron chi connectivity index (χ1n) is 8.13. The second kappa shape index (κ2) is 7.81. The molecule has 5 heteroatoms. The van der Waals surface area contributed by atoms with Gasteiger partial charge in [0.1, 0.15) is 0 Å². The molecule has 2 rings (SSSR count). The maximum atomic E-state index is 4.59. The Morgan fingerprint density at radius 2 is 2.04 bits per heavy atom. The first-order chi connectivity index (χ1) is 11.0. The van der Waals surface area contributed by atoms with Crippen LogP contribution in [0.3, 0.4) is 0 Å². The number of nitrogens with one attached hydrogen (secondary N) is 2. The minimum atomic E-state index is 0.396. The molecule has 0 aliphatic rings. The van der Waals surface area contributed by atoms with Gasteiger partial charge < -0.3 is 10.6 Å². The summed E-state index contributed by atoms with van der Waals surface area (Å²) in [6.45, 7) is 9.10. The lowest BCUT2D eigenvalue weighted by Crippen LogP contribution is -2.41. The molecule has 23 heavy (non-hydrogen) atoms. The molecule has 1 unspecified atom stereocenters. The number of aryl methyl sites for hydroxylation is 2. The summed E-state index contributed by atoms with van der Waals surface area (Å²) in [5.41, 5.74) is 4.45. The van der Waals surface area contributed by atoms with Crippen LogP contribution in [0.5, 0.6) is 0 Å². The third-order valence-electron chi connectivity index (χ3n) is 3.89. The van der Waals surface area contributed by atoms with Crippen molar-refractivity contribution in [2.45, 2.75) is 46.7 Å². The van der Waals surface area contributed by atoms with Crippen molar-refractivity contribution in [3.63, 3.8) is 0 Å². The van der Waals surface area contributed by atoms with Crippen LogP contribution in [0.1, 0.15) is 37.2 Å². The highest BCUT2D eigenvalue weighted by Crippen LogP contribution is 2.16. The summed E-state index contributed by atoms with van der Waals surface area (Å²) in [6, 6.07) is 10.8. The van der Waals surface area contributed by atoms with Gasteiger partial charge in [-0.2, -0.15) is 5.10 Å². The molecule has 1 atom stereocenters. The third kappa shape index (κ3) is 4.34. The zero-order valence-electron chi connectivity index (χ0n) is 14.7. The van der Waals surface area contributed by atoms with E-state index in [1.54, 1.807) is 7.05 Å². The van der Waals surface area contributed by atoms with Crippen LogP contribution < -0.4 is 10.6 Å². The predicted molar refractivity (Wildman–Crippen MR) is 96.1 cm³/mol. The molecule has 1 aromatic carbocycles. The molecule has 0 spiro atoms. The average molecular weight is 313 g/mol. The van der Waals surface area contributed by atoms with Crippen molar-refractivity contribution < 1.29 is 0 Å². The maximum absolute atomic E-state index is 4.59. The standard InChI is InChI=1S/C18H27N5/c1-6-13(2)21-18(19-5)20-12-16-9-7-8-10-17(16)23-15(4)11-14(3)22-23/h7-11,13H,6,12H2,1-5H3,(H2,19,20,21). The van der Waals surface area contributed by atoms with Crippen molar-refractivity contribution in [3.8, 4) is 5.69 Å². The molecular formula is C18H27N5. The molecule has 0 fully saturated rings. The molecule has 2 N–H and O–H groups in total. The number of para-hydroxylation sites is 1. The van der Waals surface area contributed by atoms with Gasteiger partial charge >= 0.3 is 0 Å². The Morgan fingerprint density at radius 1 is 1.30 bits per heavy atom. The van der Waals surface area contributed by atoms with Crippen molar-refractivity contribution in [1.29, 1.82) is 0 Å². The summed E-state index contributed by atoms with van der Waals surface area (Å²) in [4.78, 5) is 4.29. The molecule has 0 bridgehead atoms. The van der Waals surface area contributed by atoms with E-state index in [1.165, 1.54) is 5.56 Å². The van der Waals surface area contributed by atoms with E-state index >= 15 is 0 Å². The van der Waals surface area contributed by atoms with Crippen LogP contribution in [-0.2, 0) is 6.54 Å². The van der Waals surface area contributed by atoms with Gasteiger partial charge in [-0.05, 0) is 44.9 Å². The first-order valence-corrected chi connectivity index (χ1v) is 8.13. The highest BCUT2D eigenvalue weighted by Gasteiger charge is 2.09. The lowest BCUT2D eigenvalue weighted by atomic mass is 10.1. The molecule has 0 saturated carbocycles. The van der Waals surface area contributed by atoms with Crippen LogP contribution in [0.4, 0.5) is 0 Å². The quantitative estimate of drug-likeness (QED) is 0.659. The number of benzene rings is 1. The van der Waals surface area contributed by atoms with Gasteiger partial charge in [-0.25, -0.2) is 4.68 Å². The highest BCUT2D eigenvalue weighted by molar-refractivity contribution is 5.80. The lowest BCUT2D eigenvalue weighted by molar-refractivity contribution is 0.623. The van der Waals surface area contributed by atoms with E-state index < -0.39 is 0 Å². The van der Waals surface area contributed by atoms with Crippen LogP contribution >= 0.6 is 0 Å². The van der Waals surface area contributed by atoms with Crippen LogP contribution in [0.2, 0.25) is 0 Å². The highest BCUT2D eigenvalue weighted by atomic mass is 15.3. The van der Waals surface area contributed by atoms with Gasteiger partial charge in [-0.1, -0.05) is 25.1 Å². The summed E-state index contributed by atoms with van der Waals surface area (Å²) in [5, 5.41) is 11.4. The summed E-state index contributed by atoms with van der Waals surface area (Å²) in [7, 11) is 1.80. The van der Waals surface area contributed by atoms with E-state index in [4.69, 9.17) is 0 Å². The molecule has 0 saturated heterocycles. The van der Waals surface area contributed by atoms with Crippen molar-refractivity contribution >= 4 is 5.96 Å². The second-order valence-corrected chi connectivity index (χ2v) is 5.85. The fourth-order valence-electron chi connectivity index (χ4n) is 2.45. The fraction of sp³-hybridized carbons (Fsp3) is 0.444. The van der Waals surface area contributed by atoms with Gasteiger partial charge in [-0.3, -0.25) is 4.99 Å². The van der Waals surface area contributed by atoms with Gasteiger partial charge in [0, 0.05) is 25.3 Å². The van der Waals surface area contributed by atoms with Crippen LogP contribution in [0, 0.1) is 13.8 Å². The zero-order chi connectivity index (χ0) is 16.8. The molecular weight excluding hydrogens is 286 g/mol. The number of hydrogen-bond acceptors (Lipinski definition) is 2. The average Bonchev–Trinajstić information content (AvgIpc) is 2.89. The van der Waals surface area contributed by atoms with Gasteiger partial charge in [-0.15, -0.1) is 0 Å². The Morgan fingerprint density at radius 3 is 2.65 bits per heavy atom. The number of rotatable bonds is 5. The van der Waals surface area contributed by atoms with Crippen LogP contribution in [0.25, 0.3) is 5.69 Å². The molecule has 0 amide bonds. The molecule has 2 aromatic rings. The number of guanidine groups is 1. The number of aromatic nitrogens is 2. The number of nitrogens with zero attached hydrogens (tertiary/aromatic N) is 3. The van der Waals surface area contributed by atoms with Gasteiger partial charge in [0.05, 0.1) is 11.4 Å². The minimum absolute atomic E-state index is 0.396. The maximum Gasteiger partial charge on any atom is 0.191 e. The Kier molecular flexibility index (Phi) is 5.79. The zero-order valence-corrected chi connectivity index (χ0v) is 14.7. The first kappa shape index (κ1) is 17.1. The Balaban J connectivity index is 2.17. The molecule has 1 heterocycles. The normalized spacial score (nSPS) is 13.0. The number of hydrogen-bond donors (Lipinski definition) is 2. The lowest BCUT2D eigenvalue weighted by Gasteiger charge is -2.18. The molecule has 0 aliphatic heterocycles. The molecule has 5 nitrogen and oxygen atoms in total. The van der Waals surface area contributed by atoms with Crippen LogP contribution in [-0.4, -0.2) is 28.8 Å². The van der Waals surface area contributed by atoms with Crippen molar-refractivity contribution in [3.05, 3.63) is 47.3 Å². The summed E-state index contributed by atoms with van der Waals surface area (Å²) < 4.78 is 2.00. The van der Waals surface area contributed by atoms with E-state index in [0.29, 0.717) is 12.6 Å². The van der Waals surface area contributed by atoms with E-state index in [1.807, 2.05) is 17.7 Å². The monoisotopic (exact) mass is 313 g/mol. The van der Waals surface area contributed by atoms with Crippen molar-refractivity contribution in [2.75, 3.05) is 7.05 Å².